The third kappa shape index (κ3) is 3.09. The molecule has 0 aliphatic rings. The van der Waals surface area contributed by atoms with Gasteiger partial charge in [0.2, 0.25) is 0 Å². The highest BCUT2D eigenvalue weighted by molar-refractivity contribution is 6.36. The Kier molecular flexibility index (Phi) is 4.00. The Morgan fingerprint density at radius 3 is 2.67 bits per heavy atom. The van der Waals surface area contributed by atoms with Crippen LogP contribution < -0.4 is 5.32 Å². The smallest absolute Gasteiger partial charge is 0.157 e. The Morgan fingerprint density at radius 1 is 1.17 bits per heavy atom. The zero-order chi connectivity index (χ0) is 13.1. The Balaban J connectivity index is 2.15. The first-order chi connectivity index (χ1) is 8.56. The molecule has 0 bridgehead atoms. The lowest BCUT2D eigenvalue weighted by Gasteiger charge is -2.10. The predicted molar refractivity (Wildman–Crippen MR) is 76.6 cm³/mol. The first-order valence-corrected chi connectivity index (χ1v) is 6.29. The molecule has 0 atom stereocenters. The molecule has 0 radical (unpaired) electrons. The molecule has 0 saturated carbocycles. The first kappa shape index (κ1) is 13.1. The van der Waals surface area contributed by atoms with Gasteiger partial charge in [0.15, 0.2) is 5.75 Å². The summed E-state index contributed by atoms with van der Waals surface area (Å²) in [5.41, 5.74) is 2.86. The largest absolute Gasteiger partial charge is 0.504 e. The summed E-state index contributed by atoms with van der Waals surface area (Å²) in [7, 11) is 0. The number of hydrogen-bond donors (Lipinski definition) is 2. The minimum Gasteiger partial charge on any atom is -0.504 e. The van der Waals surface area contributed by atoms with Crippen LogP contribution in [0.5, 0.6) is 5.75 Å². The van der Waals surface area contributed by atoms with Crippen molar-refractivity contribution in [2.24, 2.45) is 0 Å². The topological polar surface area (TPSA) is 32.3 Å². The standard InChI is InChI=1S/C14H13Cl2NO/c1-9-3-2-4-10(5-9)8-17-13-7-11(15)6-12(16)14(13)18/h2-7,17-18H,8H2,1H3. The van der Waals surface area contributed by atoms with Crippen LogP contribution in [0.25, 0.3) is 0 Å². The fourth-order valence-electron chi connectivity index (χ4n) is 1.72. The summed E-state index contributed by atoms with van der Waals surface area (Å²) in [6, 6.07) is 11.3. The predicted octanol–water partition coefficient (Wildman–Crippen LogP) is 4.62. The van der Waals surface area contributed by atoms with E-state index in [1.807, 2.05) is 25.1 Å². The zero-order valence-corrected chi connectivity index (χ0v) is 11.4. The van der Waals surface area contributed by atoms with Crippen LogP contribution in [0, 0.1) is 6.92 Å². The molecule has 2 rings (SSSR count). The van der Waals surface area contributed by atoms with Gasteiger partial charge in [-0.15, -0.1) is 0 Å². The third-order valence-electron chi connectivity index (χ3n) is 2.59. The molecule has 0 aromatic heterocycles. The molecule has 4 heteroatoms. The van der Waals surface area contributed by atoms with Crippen molar-refractivity contribution in [1.82, 2.24) is 0 Å². The number of phenolic OH excluding ortho intramolecular Hbond substituents is 1. The second kappa shape index (κ2) is 5.51. The summed E-state index contributed by atoms with van der Waals surface area (Å²) in [6.45, 7) is 2.64. The molecule has 0 spiro atoms. The molecule has 0 heterocycles. The number of phenols is 1. The van der Waals surface area contributed by atoms with Crippen molar-refractivity contribution in [2.75, 3.05) is 5.32 Å². The molecule has 0 aliphatic carbocycles. The maximum atomic E-state index is 9.80. The van der Waals surface area contributed by atoms with E-state index >= 15 is 0 Å². The SMILES string of the molecule is Cc1cccc(CNc2cc(Cl)cc(Cl)c2O)c1. The van der Waals surface area contributed by atoms with Crippen molar-refractivity contribution >= 4 is 28.9 Å². The Labute approximate surface area is 116 Å². The number of anilines is 1. The molecule has 94 valence electrons. The van der Waals surface area contributed by atoms with Gasteiger partial charge in [-0.2, -0.15) is 0 Å². The molecule has 0 fully saturated rings. The fourth-order valence-corrected chi connectivity index (χ4v) is 2.21. The van der Waals surface area contributed by atoms with E-state index in [-0.39, 0.29) is 10.8 Å². The van der Waals surface area contributed by atoms with Gasteiger partial charge < -0.3 is 10.4 Å². The van der Waals surface area contributed by atoms with Gasteiger partial charge in [0.05, 0.1) is 10.7 Å². The Hall–Kier alpha value is -1.38. The number of aromatic hydroxyl groups is 1. The van der Waals surface area contributed by atoms with Crippen molar-refractivity contribution in [1.29, 1.82) is 0 Å². The molecule has 2 aromatic rings. The van der Waals surface area contributed by atoms with Crippen LogP contribution in [0.1, 0.15) is 11.1 Å². The third-order valence-corrected chi connectivity index (χ3v) is 3.10. The molecule has 0 aliphatic heterocycles. The molecular formula is C14H13Cl2NO. The summed E-state index contributed by atoms with van der Waals surface area (Å²) < 4.78 is 0. The summed E-state index contributed by atoms with van der Waals surface area (Å²) >= 11 is 11.7. The van der Waals surface area contributed by atoms with Crippen molar-refractivity contribution < 1.29 is 5.11 Å². The van der Waals surface area contributed by atoms with Crippen molar-refractivity contribution in [3.8, 4) is 5.75 Å². The molecule has 2 N–H and O–H groups in total. The maximum absolute atomic E-state index is 9.80. The van der Waals surface area contributed by atoms with Gasteiger partial charge >= 0.3 is 0 Å². The fraction of sp³-hybridized carbons (Fsp3) is 0.143. The van der Waals surface area contributed by atoms with Crippen LogP contribution in [-0.2, 0) is 6.54 Å². The van der Waals surface area contributed by atoms with Gasteiger partial charge in [-0.05, 0) is 24.6 Å². The summed E-state index contributed by atoms with van der Waals surface area (Å²) in [6.07, 6.45) is 0. The van der Waals surface area contributed by atoms with Crippen LogP contribution in [0.3, 0.4) is 0 Å². The quantitative estimate of drug-likeness (QED) is 0.805. The molecule has 2 aromatic carbocycles. The average molecular weight is 282 g/mol. The van der Waals surface area contributed by atoms with Crippen molar-refractivity contribution in [3.05, 3.63) is 57.6 Å². The molecule has 18 heavy (non-hydrogen) atoms. The van der Waals surface area contributed by atoms with Gasteiger partial charge in [0.1, 0.15) is 0 Å². The summed E-state index contributed by atoms with van der Waals surface area (Å²) in [5.74, 6) is 0.0220. The summed E-state index contributed by atoms with van der Waals surface area (Å²) in [5, 5.41) is 13.7. The summed E-state index contributed by atoms with van der Waals surface area (Å²) in [4.78, 5) is 0. The molecule has 0 saturated heterocycles. The van der Waals surface area contributed by atoms with Crippen LogP contribution in [-0.4, -0.2) is 5.11 Å². The molecular weight excluding hydrogens is 269 g/mol. The first-order valence-electron chi connectivity index (χ1n) is 5.53. The van der Waals surface area contributed by atoms with E-state index in [0.717, 1.165) is 5.56 Å². The van der Waals surface area contributed by atoms with Gasteiger partial charge in [-0.1, -0.05) is 53.0 Å². The van der Waals surface area contributed by atoms with E-state index in [2.05, 4.69) is 11.4 Å². The second-order valence-corrected chi connectivity index (χ2v) is 4.97. The number of aryl methyl sites for hydroxylation is 1. The van der Waals surface area contributed by atoms with E-state index in [9.17, 15) is 5.11 Å². The number of benzene rings is 2. The highest BCUT2D eigenvalue weighted by Crippen LogP contribution is 2.35. The minimum atomic E-state index is 0.0220. The maximum Gasteiger partial charge on any atom is 0.157 e. The van der Waals surface area contributed by atoms with Gasteiger partial charge in [-0.3, -0.25) is 0 Å². The Bertz CT molecular complexity index is 570. The number of hydrogen-bond acceptors (Lipinski definition) is 2. The van der Waals surface area contributed by atoms with E-state index < -0.39 is 0 Å². The van der Waals surface area contributed by atoms with Crippen LogP contribution in [0.4, 0.5) is 5.69 Å². The van der Waals surface area contributed by atoms with E-state index in [1.165, 1.54) is 11.6 Å². The zero-order valence-electron chi connectivity index (χ0n) is 9.87. The lowest BCUT2D eigenvalue weighted by atomic mass is 10.1. The van der Waals surface area contributed by atoms with Crippen molar-refractivity contribution in [3.63, 3.8) is 0 Å². The van der Waals surface area contributed by atoms with E-state index in [4.69, 9.17) is 23.2 Å². The second-order valence-electron chi connectivity index (χ2n) is 4.13. The van der Waals surface area contributed by atoms with Gasteiger partial charge in [-0.25, -0.2) is 0 Å². The van der Waals surface area contributed by atoms with Crippen LogP contribution >= 0.6 is 23.2 Å². The average Bonchev–Trinajstić information content (AvgIpc) is 2.32. The van der Waals surface area contributed by atoms with Crippen LogP contribution in [0.2, 0.25) is 10.0 Å². The number of nitrogens with one attached hydrogen (secondary N) is 1. The minimum absolute atomic E-state index is 0.0220. The Morgan fingerprint density at radius 2 is 1.94 bits per heavy atom. The normalized spacial score (nSPS) is 10.4. The molecule has 0 unspecified atom stereocenters. The van der Waals surface area contributed by atoms with Gasteiger partial charge in [0, 0.05) is 11.6 Å². The highest BCUT2D eigenvalue weighted by atomic mass is 35.5. The lowest BCUT2D eigenvalue weighted by molar-refractivity contribution is 0.477. The highest BCUT2D eigenvalue weighted by Gasteiger charge is 2.07. The van der Waals surface area contributed by atoms with Crippen molar-refractivity contribution in [2.45, 2.75) is 13.5 Å². The van der Waals surface area contributed by atoms with Gasteiger partial charge in [0.25, 0.3) is 0 Å². The lowest BCUT2D eigenvalue weighted by Crippen LogP contribution is -2.00. The molecule has 0 amide bonds. The monoisotopic (exact) mass is 281 g/mol. The number of halogens is 2. The number of rotatable bonds is 3. The molecule has 2 nitrogen and oxygen atoms in total. The van der Waals surface area contributed by atoms with E-state index in [1.54, 1.807) is 6.07 Å². The van der Waals surface area contributed by atoms with Crippen LogP contribution in [0.15, 0.2) is 36.4 Å². The van der Waals surface area contributed by atoms with E-state index in [0.29, 0.717) is 17.3 Å².